The zero-order valence-electron chi connectivity index (χ0n) is 20.6. The maximum atomic E-state index is 14.1. The maximum Gasteiger partial charge on any atom is 0.332 e. The summed E-state index contributed by atoms with van der Waals surface area (Å²) < 4.78 is 10.8. The number of fused-ring (bicyclic) bond motifs is 6. The van der Waals surface area contributed by atoms with Gasteiger partial charge in [0.25, 0.3) is 11.8 Å². The van der Waals surface area contributed by atoms with E-state index in [-0.39, 0.29) is 36.4 Å². The molecule has 3 aliphatic rings. The zero-order chi connectivity index (χ0) is 26.0. The van der Waals surface area contributed by atoms with Gasteiger partial charge in [-0.1, -0.05) is 36.4 Å². The van der Waals surface area contributed by atoms with Crippen LogP contribution in [0.4, 0.5) is 10.5 Å². The van der Waals surface area contributed by atoms with Gasteiger partial charge in [0.15, 0.2) is 17.0 Å². The first-order chi connectivity index (χ1) is 18.5. The molecule has 4 aromatic rings. The molecule has 3 aromatic carbocycles. The van der Waals surface area contributed by atoms with Crippen molar-refractivity contribution >= 4 is 34.4 Å². The number of aromatic amines is 1. The van der Waals surface area contributed by atoms with Gasteiger partial charge in [-0.2, -0.15) is 0 Å². The molecule has 4 heterocycles. The highest BCUT2D eigenvalue weighted by Crippen LogP contribution is 2.45. The van der Waals surface area contributed by atoms with Crippen LogP contribution >= 0.6 is 0 Å². The second-order valence-corrected chi connectivity index (χ2v) is 9.81. The Morgan fingerprint density at radius 2 is 1.82 bits per heavy atom. The second-order valence-electron chi connectivity index (χ2n) is 9.81. The molecule has 0 saturated carbocycles. The number of H-pyrrole nitrogens is 1. The molecule has 1 saturated heterocycles. The first-order valence-corrected chi connectivity index (χ1v) is 12.5. The van der Waals surface area contributed by atoms with Crippen molar-refractivity contribution in [1.82, 2.24) is 15.2 Å². The third-order valence-electron chi connectivity index (χ3n) is 7.75. The van der Waals surface area contributed by atoms with Gasteiger partial charge in [-0.25, -0.2) is 9.69 Å². The predicted molar refractivity (Wildman–Crippen MR) is 139 cm³/mol. The molecule has 1 fully saturated rings. The van der Waals surface area contributed by atoms with Crippen molar-refractivity contribution in [1.29, 1.82) is 0 Å². The van der Waals surface area contributed by atoms with Crippen LogP contribution in [0.25, 0.3) is 10.9 Å². The van der Waals surface area contributed by atoms with Crippen LogP contribution in [0.3, 0.4) is 0 Å². The Balaban J connectivity index is 1.21. The molecule has 1 unspecified atom stereocenters. The number of hydrogen-bond acceptors (Lipinski definition) is 5. The lowest BCUT2D eigenvalue weighted by Gasteiger charge is -2.35. The molecule has 0 radical (unpaired) electrons. The second kappa shape index (κ2) is 8.11. The van der Waals surface area contributed by atoms with E-state index in [0.29, 0.717) is 24.5 Å². The number of nitrogens with zero attached hydrogens (tertiary/aromatic N) is 2. The van der Waals surface area contributed by atoms with Crippen molar-refractivity contribution in [3.8, 4) is 11.5 Å². The summed E-state index contributed by atoms with van der Waals surface area (Å²) in [4.78, 5) is 47.2. The van der Waals surface area contributed by atoms with Crippen molar-refractivity contribution < 1.29 is 23.9 Å². The summed E-state index contributed by atoms with van der Waals surface area (Å²) in [6.07, 6.45) is 0.638. The Hall–Kier alpha value is -4.79. The summed E-state index contributed by atoms with van der Waals surface area (Å²) in [6, 6.07) is 19.7. The summed E-state index contributed by atoms with van der Waals surface area (Å²) in [5.41, 5.74) is 2.87. The van der Waals surface area contributed by atoms with Gasteiger partial charge in [0, 0.05) is 24.0 Å². The molecule has 3 aliphatic heterocycles. The van der Waals surface area contributed by atoms with E-state index in [1.54, 1.807) is 42.2 Å². The number of benzene rings is 3. The monoisotopic (exact) mass is 508 g/mol. The summed E-state index contributed by atoms with van der Waals surface area (Å²) in [7, 11) is 0. The third kappa shape index (κ3) is 3.08. The lowest BCUT2D eigenvalue weighted by Crippen LogP contribution is -2.49. The van der Waals surface area contributed by atoms with E-state index in [9.17, 15) is 14.4 Å². The normalized spacial score (nSPS) is 19.6. The number of anilines is 1. The van der Waals surface area contributed by atoms with Gasteiger partial charge in [-0.05, 0) is 54.8 Å². The van der Waals surface area contributed by atoms with Crippen LogP contribution in [-0.2, 0) is 23.3 Å². The Labute approximate surface area is 217 Å². The van der Waals surface area contributed by atoms with E-state index in [1.807, 2.05) is 36.4 Å². The minimum Gasteiger partial charge on any atom is -0.454 e. The number of urea groups is 1. The number of rotatable bonds is 4. The summed E-state index contributed by atoms with van der Waals surface area (Å²) in [5, 5.41) is 3.96. The van der Waals surface area contributed by atoms with Crippen molar-refractivity contribution in [2.45, 2.75) is 25.4 Å². The van der Waals surface area contributed by atoms with Crippen molar-refractivity contribution in [3.63, 3.8) is 0 Å². The van der Waals surface area contributed by atoms with E-state index in [4.69, 9.17) is 9.47 Å². The van der Waals surface area contributed by atoms with E-state index >= 15 is 0 Å². The van der Waals surface area contributed by atoms with Crippen molar-refractivity contribution in [2.24, 2.45) is 0 Å². The fraction of sp³-hybridized carbons (Fsp3) is 0.207. The summed E-state index contributed by atoms with van der Waals surface area (Å²) >= 11 is 0. The van der Waals surface area contributed by atoms with Gasteiger partial charge in [0.05, 0.1) is 16.9 Å². The number of imide groups is 1. The van der Waals surface area contributed by atoms with Gasteiger partial charge in [-0.3, -0.25) is 9.59 Å². The van der Waals surface area contributed by atoms with Gasteiger partial charge < -0.3 is 24.7 Å². The first-order valence-electron chi connectivity index (χ1n) is 12.5. The maximum absolute atomic E-state index is 14.1. The molecule has 4 amide bonds. The number of nitrogens with one attached hydrogen (secondary N) is 2. The summed E-state index contributed by atoms with van der Waals surface area (Å²) in [5.74, 6) is 0.525. The average molecular weight is 509 g/mol. The van der Waals surface area contributed by atoms with Crippen LogP contribution < -0.4 is 19.7 Å². The molecule has 190 valence electrons. The number of amides is 4. The van der Waals surface area contributed by atoms with Crippen LogP contribution in [0.1, 0.15) is 34.1 Å². The molecule has 0 spiro atoms. The van der Waals surface area contributed by atoms with Crippen molar-refractivity contribution in [2.75, 3.05) is 18.2 Å². The average Bonchev–Trinajstić information content (AvgIpc) is 3.61. The quantitative estimate of drug-likeness (QED) is 0.405. The molecule has 2 N–H and O–H groups in total. The molecule has 38 heavy (non-hydrogen) atoms. The van der Waals surface area contributed by atoms with Crippen molar-refractivity contribution in [3.05, 3.63) is 89.1 Å². The Kier molecular flexibility index (Phi) is 4.78. The standard InChI is InChI=1S/C29H24N4O5/c1-29-25-19(18-6-2-4-8-21(18)31-25)12-13-32(29)28(36)33(27(29)35)22-9-5-3-7-20(22)26(34)30-15-17-10-11-23-24(14-17)38-16-37-23/h2-11,14,31H,12-13,15-16H2,1H3,(H,30,34). The van der Waals surface area contributed by atoms with Crippen LogP contribution in [0.15, 0.2) is 66.7 Å². The number of carbonyl (C=O) groups is 3. The molecule has 1 aromatic heterocycles. The molecular formula is C29H24N4O5. The lowest BCUT2D eigenvalue weighted by molar-refractivity contribution is -0.125. The van der Waals surface area contributed by atoms with E-state index in [0.717, 1.165) is 32.6 Å². The highest BCUT2D eigenvalue weighted by molar-refractivity contribution is 6.25. The fourth-order valence-corrected chi connectivity index (χ4v) is 5.79. The first kappa shape index (κ1) is 22.4. The highest BCUT2D eigenvalue weighted by atomic mass is 16.7. The minimum absolute atomic E-state index is 0.173. The Bertz CT molecular complexity index is 1660. The number of ether oxygens (including phenoxy) is 2. The Morgan fingerprint density at radius 1 is 1.03 bits per heavy atom. The molecule has 1 atom stereocenters. The minimum atomic E-state index is -1.19. The molecule has 7 rings (SSSR count). The van der Waals surface area contributed by atoms with Crippen LogP contribution in [0.5, 0.6) is 11.5 Å². The SMILES string of the molecule is CC12C(=O)N(c3ccccc3C(=O)NCc3ccc4c(c3)OCO4)C(=O)N1CCc1c2[nH]c2ccccc12. The number of aromatic nitrogens is 1. The largest absolute Gasteiger partial charge is 0.454 e. The van der Waals surface area contributed by atoms with Gasteiger partial charge in [0.1, 0.15) is 0 Å². The smallest absolute Gasteiger partial charge is 0.332 e. The predicted octanol–water partition coefficient (Wildman–Crippen LogP) is 4.07. The number of para-hydroxylation sites is 2. The molecular weight excluding hydrogens is 484 g/mol. The molecule has 0 bridgehead atoms. The van der Waals surface area contributed by atoms with E-state index in [2.05, 4.69) is 10.3 Å². The van der Waals surface area contributed by atoms with Crippen LogP contribution in [-0.4, -0.2) is 41.1 Å². The number of carbonyl (C=O) groups excluding carboxylic acids is 3. The lowest BCUT2D eigenvalue weighted by atomic mass is 9.87. The van der Waals surface area contributed by atoms with Crippen LogP contribution in [0, 0.1) is 0 Å². The molecule has 0 aliphatic carbocycles. The van der Waals surface area contributed by atoms with Crippen LogP contribution in [0.2, 0.25) is 0 Å². The third-order valence-corrected chi connectivity index (χ3v) is 7.75. The topological polar surface area (TPSA) is 104 Å². The zero-order valence-corrected chi connectivity index (χ0v) is 20.6. The van der Waals surface area contributed by atoms with E-state index < -0.39 is 11.6 Å². The summed E-state index contributed by atoms with van der Waals surface area (Å²) in [6.45, 7) is 2.61. The molecule has 9 heteroatoms. The highest BCUT2D eigenvalue weighted by Gasteiger charge is 2.59. The number of hydrogen-bond donors (Lipinski definition) is 2. The Morgan fingerprint density at radius 3 is 2.71 bits per heavy atom. The van der Waals surface area contributed by atoms with Gasteiger partial charge >= 0.3 is 6.03 Å². The van der Waals surface area contributed by atoms with E-state index in [1.165, 1.54) is 0 Å². The molecule has 9 nitrogen and oxygen atoms in total. The van der Waals surface area contributed by atoms with Gasteiger partial charge in [-0.15, -0.1) is 0 Å². The van der Waals surface area contributed by atoms with Gasteiger partial charge in [0.2, 0.25) is 6.79 Å². The fourth-order valence-electron chi connectivity index (χ4n) is 5.79.